The molecule has 226 valence electrons. The number of carbonyl (C=O) groups excluding carboxylic acids is 2. The molecule has 5 rings (SSSR count). The molecule has 16 heteroatoms. The van der Waals surface area contributed by atoms with Gasteiger partial charge in [0.2, 0.25) is 0 Å². The number of benzene rings is 2. The number of aryl methyl sites for hydroxylation is 1. The highest BCUT2D eigenvalue weighted by molar-refractivity contribution is 6.32. The van der Waals surface area contributed by atoms with Crippen LogP contribution in [0.5, 0.6) is 0 Å². The topological polar surface area (TPSA) is 133 Å². The molecule has 0 radical (unpaired) electrons. The summed E-state index contributed by atoms with van der Waals surface area (Å²) in [5, 5.41) is 20.2. The molecule has 0 saturated carbocycles. The first kappa shape index (κ1) is 30.6. The second-order valence-electron chi connectivity index (χ2n) is 9.59. The van der Waals surface area contributed by atoms with Crippen LogP contribution in [-0.4, -0.2) is 46.8 Å². The van der Waals surface area contributed by atoms with Crippen LogP contribution in [0.4, 0.5) is 18.9 Å². The van der Waals surface area contributed by atoms with Crippen molar-refractivity contribution in [1.29, 1.82) is 0 Å². The molecule has 2 aromatic carbocycles. The van der Waals surface area contributed by atoms with E-state index in [2.05, 4.69) is 36.1 Å². The minimum Gasteiger partial charge on any atom is -0.345 e. The second-order valence-corrected chi connectivity index (χ2v) is 10.4. The number of nitrogens with one attached hydrogen (secondary N) is 2. The third kappa shape index (κ3) is 6.71. The quantitative estimate of drug-likeness (QED) is 0.222. The first-order valence-corrected chi connectivity index (χ1v) is 13.7. The van der Waals surface area contributed by atoms with Crippen molar-refractivity contribution >= 4 is 40.7 Å². The maximum atomic E-state index is 13.8. The number of aromatic nitrogens is 7. The summed E-state index contributed by atoms with van der Waals surface area (Å²) in [5.41, 5.74) is 1.68. The van der Waals surface area contributed by atoms with Crippen molar-refractivity contribution < 1.29 is 22.8 Å². The Balaban J connectivity index is 1.48. The maximum Gasteiger partial charge on any atom is 0.455 e. The molecule has 0 aliphatic carbocycles. The zero-order valence-corrected chi connectivity index (χ0v) is 24.5. The molecule has 5 aromatic rings. The van der Waals surface area contributed by atoms with Crippen molar-refractivity contribution in [1.82, 2.24) is 40.3 Å². The van der Waals surface area contributed by atoms with Crippen LogP contribution in [0.3, 0.4) is 0 Å². The number of anilines is 1. The Labute approximate surface area is 258 Å². The number of rotatable bonds is 8. The molecule has 0 bridgehead atoms. The summed E-state index contributed by atoms with van der Waals surface area (Å²) in [5.74, 6) is -2.55. The fraction of sp³-hybridized carbons (Fsp3) is 0.179. The fourth-order valence-corrected chi connectivity index (χ4v) is 4.77. The largest absolute Gasteiger partial charge is 0.455 e. The number of nitrogens with zero attached hydrogens (tertiary/aromatic N) is 7. The van der Waals surface area contributed by atoms with E-state index >= 15 is 0 Å². The number of carbonyl (C=O) groups is 2. The van der Waals surface area contributed by atoms with Crippen LogP contribution in [0.15, 0.2) is 66.9 Å². The number of amides is 2. The molecule has 0 spiro atoms. The van der Waals surface area contributed by atoms with Gasteiger partial charge in [-0.05, 0) is 60.5 Å². The fourth-order valence-electron chi connectivity index (χ4n) is 4.30. The number of halogens is 5. The summed E-state index contributed by atoms with van der Waals surface area (Å²) in [7, 11) is 0. The Morgan fingerprint density at radius 1 is 1.00 bits per heavy atom. The zero-order valence-electron chi connectivity index (χ0n) is 23.0. The minimum absolute atomic E-state index is 0.0792. The smallest absolute Gasteiger partial charge is 0.345 e. The van der Waals surface area contributed by atoms with Gasteiger partial charge in [0.1, 0.15) is 12.2 Å². The number of tetrazole rings is 1. The lowest BCUT2D eigenvalue weighted by Crippen LogP contribution is -2.28. The standard InChI is InChI=1S/C28H22Cl2F3N9O2/c1-15-11-18(29)12-20(25(43)35-16(2)17-7-4-3-5-8-17)23(15)36-26(44)22-13-19(14-41-39-27(37-40-41)28(31,32)33)38-42(22)24-21(30)9-6-10-34-24/h3-13,16H,14H2,1-2H3,(H,35,43)(H,36,44)/t16-/m1/s1. The lowest BCUT2D eigenvalue weighted by Gasteiger charge is -2.18. The molecule has 0 aliphatic heterocycles. The molecule has 0 unspecified atom stereocenters. The van der Waals surface area contributed by atoms with Gasteiger partial charge in [-0.3, -0.25) is 9.59 Å². The van der Waals surface area contributed by atoms with Crippen molar-refractivity contribution in [2.75, 3.05) is 5.32 Å². The molecule has 11 nitrogen and oxygen atoms in total. The molecule has 3 heterocycles. The number of alkyl halides is 3. The first-order valence-electron chi connectivity index (χ1n) is 12.9. The molecule has 2 amide bonds. The lowest BCUT2D eigenvalue weighted by molar-refractivity contribution is -0.145. The highest BCUT2D eigenvalue weighted by atomic mass is 35.5. The highest BCUT2D eigenvalue weighted by Crippen LogP contribution is 2.29. The first-order chi connectivity index (χ1) is 20.9. The SMILES string of the molecule is Cc1cc(Cl)cc(C(=O)N[C@H](C)c2ccccc2)c1NC(=O)c1cc(Cn2nnc(C(F)(F)F)n2)nn1-c1ncccc1Cl. The van der Waals surface area contributed by atoms with E-state index in [1.807, 2.05) is 37.3 Å². The monoisotopic (exact) mass is 643 g/mol. The molecule has 3 aromatic heterocycles. The summed E-state index contributed by atoms with van der Waals surface area (Å²) in [6.07, 6.45) is -3.36. The number of hydrogen-bond acceptors (Lipinski definition) is 7. The second kappa shape index (κ2) is 12.4. The summed E-state index contributed by atoms with van der Waals surface area (Å²) < 4.78 is 40.1. The predicted octanol–water partition coefficient (Wildman–Crippen LogP) is 5.68. The van der Waals surface area contributed by atoms with Crippen molar-refractivity contribution in [3.8, 4) is 5.82 Å². The van der Waals surface area contributed by atoms with Crippen LogP contribution in [0.1, 0.15) is 56.5 Å². The Morgan fingerprint density at radius 3 is 2.43 bits per heavy atom. The summed E-state index contributed by atoms with van der Waals surface area (Å²) in [4.78, 5) is 32.1. The molecular weight excluding hydrogens is 622 g/mol. The Morgan fingerprint density at radius 2 is 1.75 bits per heavy atom. The lowest BCUT2D eigenvalue weighted by atomic mass is 10.0. The number of pyridine rings is 1. The van der Waals surface area contributed by atoms with Crippen LogP contribution >= 0.6 is 23.2 Å². The van der Waals surface area contributed by atoms with Crippen molar-refractivity contribution in [2.45, 2.75) is 32.6 Å². The van der Waals surface area contributed by atoms with E-state index in [0.717, 1.165) is 10.2 Å². The minimum atomic E-state index is -4.79. The molecule has 0 saturated heterocycles. The van der Waals surface area contributed by atoms with E-state index in [1.54, 1.807) is 19.1 Å². The van der Waals surface area contributed by atoms with E-state index in [4.69, 9.17) is 23.2 Å². The molecule has 0 fully saturated rings. The predicted molar refractivity (Wildman–Crippen MR) is 155 cm³/mol. The van der Waals surface area contributed by atoms with Crippen LogP contribution in [0, 0.1) is 6.92 Å². The Kier molecular flexibility index (Phi) is 8.65. The molecule has 2 N–H and O–H groups in total. The van der Waals surface area contributed by atoms with E-state index in [9.17, 15) is 22.8 Å². The van der Waals surface area contributed by atoms with E-state index in [-0.39, 0.29) is 51.1 Å². The molecular formula is C28H22Cl2F3N9O2. The van der Waals surface area contributed by atoms with Crippen LogP contribution in [-0.2, 0) is 12.7 Å². The Bertz CT molecular complexity index is 1840. The van der Waals surface area contributed by atoms with Crippen molar-refractivity contribution in [2.24, 2.45) is 0 Å². The third-order valence-electron chi connectivity index (χ3n) is 6.37. The zero-order chi connectivity index (χ0) is 31.6. The van der Waals surface area contributed by atoms with Gasteiger partial charge in [0.05, 0.1) is 28.0 Å². The van der Waals surface area contributed by atoms with Gasteiger partial charge in [-0.1, -0.05) is 53.5 Å². The van der Waals surface area contributed by atoms with E-state index in [0.29, 0.717) is 10.4 Å². The van der Waals surface area contributed by atoms with Gasteiger partial charge in [0, 0.05) is 11.2 Å². The average Bonchev–Trinajstić information content (AvgIpc) is 3.63. The molecule has 0 aliphatic rings. The molecule has 44 heavy (non-hydrogen) atoms. The normalized spacial score (nSPS) is 12.2. The van der Waals surface area contributed by atoms with E-state index < -0.39 is 23.8 Å². The van der Waals surface area contributed by atoms with Gasteiger partial charge in [0.15, 0.2) is 5.82 Å². The maximum absolute atomic E-state index is 13.8. The van der Waals surface area contributed by atoms with Crippen molar-refractivity contribution in [3.63, 3.8) is 0 Å². The highest BCUT2D eigenvalue weighted by Gasteiger charge is 2.37. The van der Waals surface area contributed by atoms with Gasteiger partial charge in [-0.15, -0.1) is 10.2 Å². The van der Waals surface area contributed by atoms with Gasteiger partial charge in [-0.25, -0.2) is 9.67 Å². The van der Waals surface area contributed by atoms with Gasteiger partial charge in [0.25, 0.3) is 17.6 Å². The van der Waals surface area contributed by atoms with Gasteiger partial charge in [-0.2, -0.15) is 23.1 Å². The van der Waals surface area contributed by atoms with Crippen molar-refractivity contribution in [3.05, 3.63) is 111 Å². The molecule has 1 atom stereocenters. The summed E-state index contributed by atoms with van der Waals surface area (Å²) in [6, 6.07) is 16.4. The third-order valence-corrected chi connectivity index (χ3v) is 6.89. The average molecular weight is 644 g/mol. The summed E-state index contributed by atoms with van der Waals surface area (Å²) in [6.45, 7) is 3.14. The number of hydrogen-bond donors (Lipinski definition) is 2. The van der Waals surface area contributed by atoms with Crippen LogP contribution in [0.2, 0.25) is 10.0 Å². The van der Waals surface area contributed by atoms with Gasteiger partial charge < -0.3 is 10.6 Å². The van der Waals surface area contributed by atoms with Crippen LogP contribution < -0.4 is 10.6 Å². The van der Waals surface area contributed by atoms with Crippen LogP contribution in [0.25, 0.3) is 5.82 Å². The summed E-state index contributed by atoms with van der Waals surface area (Å²) >= 11 is 12.6. The van der Waals surface area contributed by atoms with Gasteiger partial charge >= 0.3 is 6.18 Å². The van der Waals surface area contributed by atoms with E-state index in [1.165, 1.54) is 24.4 Å². The Hall–Kier alpha value is -4.82.